The first-order chi connectivity index (χ1) is 33.7. The number of ketones is 3. The number of benzene rings is 3. The van der Waals surface area contributed by atoms with Crippen LogP contribution in [0.15, 0.2) is 36.4 Å². The van der Waals surface area contributed by atoms with E-state index < -0.39 is 17.8 Å². The average molecular weight is 997 g/mol. The number of rotatable bonds is 27. The number of phenolic OH excluding ortho intramolecular Hbond substituents is 3. The minimum Gasteiger partial charge on any atom is -0.507 e. The van der Waals surface area contributed by atoms with Gasteiger partial charge in [0.1, 0.15) is 34.6 Å². The summed E-state index contributed by atoms with van der Waals surface area (Å²) in [5.74, 6) is 0.107. The molecule has 4 rings (SSSR count). The van der Waals surface area contributed by atoms with Crippen molar-refractivity contribution in [3.05, 3.63) is 86.5 Å². The van der Waals surface area contributed by atoms with Gasteiger partial charge >= 0.3 is 0 Å². The van der Waals surface area contributed by atoms with Gasteiger partial charge in [0, 0.05) is 38.9 Å². The van der Waals surface area contributed by atoms with Crippen LogP contribution in [0.4, 0.5) is 17.8 Å². The number of nitrogens with zero attached hydrogens (tertiary/aromatic N) is 3. The highest BCUT2D eigenvalue weighted by atomic mass is 16.5. The number of hydrogen-bond acceptors (Lipinski definition) is 15. The van der Waals surface area contributed by atoms with Crippen LogP contribution >= 0.6 is 0 Å². The number of aromatic hydroxyl groups is 3. The molecule has 1 heterocycles. The quantitative estimate of drug-likeness (QED) is 0.0307. The summed E-state index contributed by atoms with van der Waals surface area (Å²) < 4.78 is 18.3. The van der Waals surface area contributed by atoms with Crippen LogP contribution in [0.3, 0.4) is 0 Å². The lowest BCUT2D eigenvalue weighted by molar-refractivity contribution is -0.122. The van der Waals surface area contributed by atoms with Crippen molar-refractivity contribution in [3.8, 4) is 17.2 Å². The summed E-state index contributed by atoms with van der Waals surface area (Å²) in [6.07, 6.45) is 1.02. The topological polar surface area (TPSA) is 214 Å². The molecule has 0 aliphatic carbocycles. The zero-order chi connectivity index (χ0) is 53.7. The van der Waals surface area contributed by atoms with E-state index >= 15 is 0 Å². The number of carbonyl (C=O) groups excluding carboxylic acids is 3. The molecule has 0 amide bonds. The average Bonchev–Trinajstić information content (AvgIpc) is 3.30. The molecule has 0 spiro atoms. The van der Waals surface area contributed by atoms with Gasteiger partial charge in [0.15, 0.2) is 0 Å². The number of Topliss-reactive ketones (excluding diaryl/α,β-unsaturated/α-hetero) is 3. The minimum absolute atomic E-state index is 0.0417. The monoisotopic (exact) mass is 997 g/mol. The zero-order valence-electron chi connectivity index (χ0n) is 45.8. The summed E-state index contributed by atoms with van der Waals surface area (Å²) in [7, 11) is 0. The van der Waals surface area contributed by atoms with Crippen LogP contribution in [0.1, 0.15) is 170 Å². The molecule has 6 N–H and O–H groups in total. The Morgan fingerprint density at radius 3 is 0.903 bits per heavy atom. The molecule has 3 aromatic carbocycles. The standard InChI is InChI=1S/C57H84N6O9/c1-16-46(64)40(37-25-34(4)49(67)43(28-37)55(7,8)9)31-70-22-19-58-52-61-53(59-20-23-71-32-41(47(65)17-2)38-26-35(5)50(68)44(29-38)56(10,11)12)63-54(62-52)60-21-24-72-33-42(48(66)18-3)39-27-36(6)51(69)45(30-39)57(13,14)15/h25-30,40-42,67-69H,16-24,31-33H2,1-15H3,(H3,58,59,60,61,62,63). The summed E-state index contributed by atoms with van der Waals surface area (Å²) in [4.78, 5) is 53.5. The van der Waals surface area contributed by atoms with Crippen molar-refractivity contribution >= 4 is 35.2 Å². The molecule has 0 aliphatic rings. The second-order valence-corrected chi connectivity index (χ2v) is 21.9. The second kappa shape index (κ2) is 25.8. The van der Waals surface area contributed by atoms with E-state index in [1.807, 2.05) is 140 Å². The predicted molar refractivity (Wildman–Crippen MR) is 287 cm³/mol. The molecule has 72 heavy (non-hydrogen) atoms. The van der Waals surface area contributed by atoms with Crippen molar-refractivity contribution < 1.29 is 43.9 Å². The Morgan fingerprint density at radius 2 is 0.694 bits per heavy atom. The maximum Gasteiger partial charge on any atom is 0.229 e. The van der Waals surface area contributed by atoms with Crippen LogP contribution in [0.25, 0.3) is 0 Å². The van der Waals surface area contributed by atoms with E-state index in [-0.39, 0.29) is 108 Å². The Morgan fingerprint density at radius 1 is 0.458 bits per heavy atom. The Labute approximate surface area is 428 Å². The number of ether oxygens (including phenoxy) is 3. The molecule has 1 aromatic heterocycles. The van der Waals surface area contributed by atoms with Crippen molar-refractivity contribution in [3.63, 3.8) is 0 Å². The third kappa shape index (κ3) is 16.2. The highest BCUT2D eigenvalue weighted by Gasteiger charge is 2.29. The van der Waals surface area contributed by atoms with Gasteiger partial charge in [-0.05, 0) is 87.1 Å². The minimum atomic E-state index is -0.508. The van der Waals surface area contributed by atoms with Crippen molar-refractivity contribution in [2.45, 2.75) is 157 Å². The van der Waals surface area contributed by atoms with E-state index in [1.54, 1.807) is 0 Å². The fourth-order valence-electron chi connectivity index (χ4n) is 8.53. The molecule has 15 nitrogen and oxygen atoms in total. The first kappa shape index (κ1) is 58.9. The molecule has 0 fully saturated rings. The number of carbonyl (C=O) groups is 3. The molecular weight excluding hydrogens is 913 g/mol. The van der Waals surface area contributed by atoms with Crippen molar-refractivity contribution in [1.82, 2.24) is 15.0 Å². The number of anilines is 3. The summed E-state index contributed by atoms with van der Waals surface area (Å²) in [6, 6.07) is 11.3. The van der Waals surface area contributed by atoms with Gasteiger partial charge in [-0.1, -0.05) is 119 Å². The van der Waals surface area contributed by atoms with Crippen LogP contribution < -0.4 is 16.0 Å². The lowest BCUT2D eigenvalue weighted by atomic mass is 9.81. The molecule has 4 aromatic rings. The molecule has 15 heteroatoms. The Hall–Kier alpha value is -5.64. The molecule has 3 atom stereocenters. The molecule has 0 saturated heterocycles. The number of aromatic nitrogens is 3. The van der Waals surface area contributed by atoms with Gasteiger partial charge in [-0.3, -0.25) is 14.4 Å². The lowest BCUT2D eigenvalue weighted by Crippen LogP contribution is -2.23. The fraction of sp³-hybridized carbons (Fsp3) is 0.579. The molecular formula is C57H84N6O9. The van der Waals surface area contributed by atoms with Crippen LogP contribution in [-0.2, 0) is 44.8 Å². The predicted octanol–water partition coefficient (Wildman–Crippen LogP) is 10.4. The molecule has 0 radical (unpaired) electrons. The maximum absolute atomic E-state index is 13.2. The van der Waals surface area contributed by atoms with Crippen molar-refractivity contribution in [1.29, 1.82) is 0 Å². The van der Waals surface area contributed by atoms with Gasteiger partial charge in [0.25, 0.3) is 0 Å². The number of nitrogens with one attached hydrogen (secondary N) is 3. The van der Waals surface area contributed by atoms with Gasteiger partial charge in [-0.25, -0.2) is 0 Å². The van der Waals surface area contributed by atoms with E-state index in [0.717, 1.165) is 33.4 Å². The van der Waals surface area contributed by atoms with Gasteiger partial charge in [-0.15, -0.1) is 0 Å². The Balaban J connectivity index is 1.47. The van der Waals surface area contributed by atoms with E-state index in [1.165, 1.54) is 0 Å². The lowest BCUT2D eigenvalue weighted by Gasteiger charge is -2.25. The Bertz CT molecular complexity index is 2210. The first-order valence-corrected chi connectivity index (χ1v) is 25.5. The van der Waals surface area contributed by atoms with E-state index in [4.69, 9.17) is 14.2 Å². The molecule has 3 unspecified atom stereocenters. The normalized spacial score (nSPS) is 13.4. The number of hydrogen-bond donors (Lipinski definition) is 6. The highest BCUT2D eigenvalue weighted by Crippen LogP contribution is 2.39. The second-order valence-electron chi connectivity index (χ2n) is 21.9. The third-order valence-electron chi connectivity index (χ3n) is 12.9. The van der Waals surface area contributed by atoms with Crippen LogP contribution in [0, 0.1) is 20.8 Å². The van der Waals surface area contributed by atoms with E-state index in [0.29, 0.717) is 55.6 Å². The summed E-state index contributed by atoms with van der Waals surface area (Å²) >= 11 is 0. The van der Waals surface area contributed by atoms with Gasteiger partial charge in [-0.2, -0.15) is 15.0 Å². The van der Waals surface area contributed by atoms with Crippen LogP contribution in [0.5, 0.6) is 17.2 Å². The SMILES string of the molecule is CCC(=O)C(COCCNc1nc(NCCOCC(C(=O)CC)c2cc(C)c(O)c(C(C)(C)C)c2)nc(NCCOCC(C(=O)CC)c2cc(C)c(O)c(C(C)(C)C)c2)n1)c1cc(C)c(O)c(C(C)(C)C)c1. The van der Waals surface area contributed by atoms with Crippen LogP contribution in [0.2, 0.25) is 0 Å². The molecule has 396 valence electrons. The summed E-state index contributed by atoms with van der Waals surface area (Å²) in [6.45, 7) is 31.4. The van der Waals surface area contributed by atoms with Gasteiger partial charge < -0.3 is 45.5 Å². The smallest absolute Gasteiger partial charge is 0.229 e. The first-order valence-electron chi connectivity index (χ1n) is 25.5. The molecule has 0 saturated carbocycles. The number of aryl methyl sites for hydroxylation is 3. The zero-order valence-corrected chi connectivity index (χ0v) is 45.8. The largest absolute Gasteiger partial charge is 0.507 e. The maximum atomic E-state index is 13.2. The van der Waals surface area contributed by atoms with Crippen LogP contribution in [-0.4, -0.2) is 107 Å². The number of phenols is 3. The molecule has 0 bridgehead atoms. The van der Waals surface area contributed by atoms with E-state index in [2.05, 4.69) is 30.9 Å². The fourth-order valence-corrected chi connectivity index (χ4v) is 8.53. The molecule has 0 aliphatic heterocycles. The summed E-state index contributed by atoms with van der Waals surface area (Å²) in [5, 5.41) is 42.2. The third-order valence-corrected chi connectivity index (χ3v) is 12.9. The highest BCUT2D eigenvalue weighted by molar-refractivity contribution is 5.87. The van der Waals surface area contributed by atoms with Gasteiger partial charge in [0.2, 0.25) is 17.8 Å². The summed E-state index contributed by atoms with van der Waals surface area (Å²) in [5.41, 5.74) is 5.90. The van der Waals surface area contributed by atoms with Crippen molar-refractivity contribution in [2.75, 3.05) is 75.2 Å². The van der Waals surface area contributed by atoms with Crippen molar-refractivity contribution in [2.24, 2.45) is 0 Å². The van der Waals surface area contributed by atoms with E-state index in [9.17, 15) is 29.7 Å². The Kier molecular flexibility index (Phi) is 21.1. The van der Waals surface area contributed by atoms with Gasteiger partial charge in [0.05, 0.1) is 57.4 Å².